The van der Waals surface area contributed by atoms with Gasteiger partial charge in [0, 0.05) is 12.7 Å². The zero-order valence-electron chi connectivity index (χ0n) is 6.75. The summed E-state index contributed by atoms with van der Waals surface area (Å²) in [5.74, 6) is -0.932. The van der Waals surface area contributed by atoms with Gasteiger partial charge < -0.3 is 14.9 Å². The molecule has 1 N–H and O–H groups in total. The zero-order chi connectivity index (χ0) is 9.02. The largest absolute Gasteiger partial charge is 0.875 e. The van der Waals surface area contributed by atoms with E-state index in [9.17, 15) is 9.90 Å². The molecule has 0 spiro atoms. The highest BCUT2D eigenvalue weighted by atomic mass is 16.6. The lowest BCUT2D eigenvalue weighted by atomic mass is 10.1. The number of hydrogen-bond donors (Lipinski definition) is 1. The van der Waals surface area contributed by atoms with E-state index in [4.69, 9.17) is 5.11 Å². The first-order valence-electron chi connectivity index (χ1n) is 3.10. The van der Waals surface area contributed by atoms with Crippen molar-refractivity contribution >= 4 is 5.78 Å². The van der Waals surface area contributed by atoms with Crippen LogP contribution in [-0.4, -0.2) is 24.3 Å². The number of methoxy groups -OCH3 is 1. The molecule has 0 saturated carbocycles. The Morgan fingerprint density at radius 2 is 2.00 bits per heavy atom. The van der Waals surface area contributed by atoms with E-state index in [1.165, 1.54) is 21.0 Å². The smallest absolute Gasteiger partial charge is 0.183 e. The van der Waals surface area contributed by atoms with Gasteiger partial charge in [-0.3, -0.25) is 4.79 Å². The number of aliphatic hydroxyl groups excluding tert-OH is 1. The van der Waals surface area contributed by atoms with Crippen LogP contribution in [0.4, 0.5) is 0 Å². The van der Waals surface area contributed by atoms with Crippen molar-refractivity contribution in [2.24, 2.45) is 0 Å². The number of carbonyl (C=O) groups is 1. The average molecular weight is 159 g/mol. The van der Waals surface area contributed by atoms with E-state index in [2.05, 4.69) is 4.74 Å². The molecule has 0 amide bonds. The Hall–Kier alpha value is -0.870. The van der Waals surface area contributed by atoms with E-state index in [1.807, 2.05) is 0 Å². The van der Waals surface area contributed by atoms with Crippen molar-refractivity contribution in [3.05, 3.63) is 11.3 Å². The van der Waals surface area contributed by atoms with Gasteiger partial charge in [0.05, 0.1) is 0 Å². The maximum absolute atomic E-state index is 10.7. The highest BCUT2D eigenvalue weighted by Crippen LogP contribution is 2.06. The van der Waals surface area contributed by atoms with Gasteiger partial charge in [-0.1, -0.05) is 6.92 Å². The molecule has 4 nitrogen and oxygen atoms in total. The van der Waals surface area contributed by atoms with Gasteiger partial charge in [0.15, 0.2) is 12.1 Å². The number of hydrogen-bond acceptors (Lipinski definition) is 4. The highest BCUT2D eigenvalue weighted by molar-refractivity contribution is 5.94. The second-order valence-electron chi connectivity index (χ2n) is 2.11. The van der Waals surface area contributed by atoms with Crippen LogP contribution in [0.15, 0.2) is 11.3 Å². The Balaban J connectivity index is 4.63. The van der Waals surface area contributed by atoms with Gasteiger partial charge in [-0.25, -0.2) is 0 Å². The molecule has 0 fully saturated rings. The second-order valence-corrected chi connectivity index (χ2v) is 2.11. The summed E-state index contributed by atoms with van der Waals surface area (Å²) < 4.78 is 4.41. The van der Waals surface area contributed by atoms with Gasteiger partial charge in [-0.2, -0.15) is 0 Å². The van der Waals surface area contributed by atoms with Crippen molar-refractivity contribution in [2.75, 3.05) is 7.11 Å². The van der Waals surface area contributed by atoms with Crippen molar-refractivity contribution in [2.45, 2.75) is 20.1 Å². The van der Waals surface area contributed by atoms with Crippen molar-refractivity contribution in [3.8, 4) is 0 Å². The fourth-order valence-corrected chi connectivity index (χ4v) is 0.714. The Kier molecular flexibility index (Phi) is 3.78. The standard InChI is InChI=1S/C7H12O4/c1-4(8)6(5(2)9)7(10)11-3/h7-8,10H,1-3H3/p-1. The third-order valence-electron chi connectivity index (χ3n) is 1.23. The molecular weight excluding hydrogens is 148 g/mol. The Labute approximate surface area is 65.1 Å². The number of aliphatic hydroxyl groups is 1. The highest BCUT2D eigenvalue weighted by Gasteiger charge is 2.13. The normalized spacial score (nSPS) is 15.6. The van der Waals surface area contributed by atoms with Crippen molar-refractivity contribution in [3.63, 3.8) is 0 Å². The van der Waals surface area contributed by atoms with E-state index in [1.54, 1.807) is 0 Å². The third-order valence-corrected chi connectivity index (χ3v) is 1.23. The molecule has 0 aromatic rings. The van der Waals surface area contributed by atoms with Crippen LogP contribution in [0.1, 0.15) is 13.8 Å². The molecule has 0 saturated heterocycles. The SMILES string of the molecule is COC(O)C(C(C)=O)=C(C)[O-]. The summed E-state index contributed by atoms with van der Waals surface area (Å²) >= 11 is 0. The topological polar surface area (TPSA) is 69.6 Å². The number of rotatable bonds is 3. The van der Waals surface area contributed by atoms with Crippen LogP contribution in [0.25, 0.3) is 0 Å². The maximum atomic E-state index is 10.7. The van der Waals surface area contributed by atoms with Crippen molar-refractivity contribution in [1.29, 1.82) is 0 Å². The summed E-state index contributed by atoms with van der Waals surface area (Å²) in [7, 11) is 1.22. The molecule has 11 heavy (non-hydrogen) atoms. The van der Waals surface area contributed by atoms with Crippen LogP contribution in [0.5, 0.6) is 0 Å². The van der Waals surface area contributed by atoms with Crippen LogP contribution < -0.4 is 5.11 Å². The minimum Gasteiger partial charge on any atom is -0.875 e. The molecule has 0 rings (SSSR count). The number of ether oxygens (including phenoxy) is 1. The summed E-state index contributed by atoms with van der Waals surface area (Å²) in [4.78, 5) is 10.7. The maximum Gasteiger partial charge on any atom is 0.183 e. The Morgan fingerprint density at radius 1 is 1.55 bits per heavy atom. The summed E-state index contributed by atoms with van der Waals surface area (Å²) in [6.45, 7) is 2.41. The molecule has 0 radical (unpaired) electrons. The minimum absolute atomic E-state index is 0.215. The molecule has 64 valence electrons. The van der Waals surface area contributed by atoms with Gasteiger partial charge >= 0.3 is 0 Å². The lowest BCUT2D eigenvalue weighted by molar-refractivity contribution is -0.305. The molecule has 0 aromatic carbocycles. The zero-order valence-corrected chi connectivity index (χ0v) is 6.75. The monoisotopic (exact) mass is 159 g/mol. The molecule has 0 heterocycles. The van der Waals surface area contributed by atoms with Crippen LogP contribution in [-0.2, 0) is 9.53 Å². The van der Waals surface area contributed by atoms with Gasteiger partial charge in [0.1, 0.15) is 0 Å². The van der Waals surface area contributed by atoms with Gasteiger partial charge in [0.25, 0.3) is 0 Å². The second kappa shape index (κ2) is 4.10. The summed E-state index contributed by atoms with van der Waals surface area (Å²) in [6.07, 6.45) is -1.40. The van der Waals surface area contributed by atoms with E-state index in [0.717, 1.165) is 0 Å². The summed E-state index contributed by atoms with van der Waals surface area (Å²) in [5, 5.41) is 19.6. The number of ketones is 1. The molecule has 1 atom stereocenters. The van der Waals surface area contributed by atoms with Crippen molar-refractivity contribution in [1.82, 2.24) is 0 Å². The average Bonchev–Trinajstić information content (AvgIpc) is 1.85. The number of allylic oxidation sites excluding steroid dienone is 1. The third kappa shape index (κ3) is 2.69. The molecule has 0 bridgehead atoms. The lowest BCUT2D eigenvalue weighted by Gasteiger charge is -2.16. The molecule has 4 heteroatoms. The Morgan fingerprint density at radius 3 is 2.09 bits per heavy atom. The molecule has 0 aliphatic heterocycles. The fourth-order valence-electron chi connectivity index (χ4n) is 0.714. The predicted molar refractivity (Wildman–Crippen MR) is 36.4 cm³/mol. The molecule has 1 unspecified atom stereocenters. The molecule has 0 aliphatic rings. The van der Waals surface area contributed by atoms with Crippen LogP contribution >= 0.6 is 0 Å². The minimum atomic E-state index is -1.40. The molecule has 0 aliphatic carbocycles. The predicted octanol–water partition coefficient (Wildman–Crippen LogP) is -0.825. The van der Waals surface area contributed by atoms with E-state index in [-0.39, 0.29) is 5.57 Å². The van der Waals surface area contributed by atoms with Crippen LogP contribution in [0.3, 0.4) is 0 Å². The summed E-state index contributed by atoms with van der Waals surface area (Å²) in [6, 6.07) is 0. The Bertz CT molecular complexity index is 179. The fraction of sp³-hybridized carbons (Fsp3) is 0.571. The first-order chi connectivity index (χ1) is 5.00. The first-order valence-corrected chi connectivity index (χ1v) is 3.10. The van der Waals surface area contributed by atoms with Gasteiger partial charge in [0.2, 0.25) is 0 Å². The molecule has 0 aromatic heterocycles. The van der Waals surface area contributed by atoms with Crippen LogP contribution in [0, 0.1) is 0 Å². The van der Waals surface area contributed by atoms with E-state index < -0.39 is 17.8 Å². The number of carbonyl (C=O) groups excluding carboxylic acids is 1. The van der Waals surface area contributed by atoms with Crippen LogP contribution in [0.2, 0.25) is 0 Å². The quantitative estimate of drug-likeness (QED) is 0.331. The first kappa shape index (κ1) is 10.1. The van der Waals surface area contributed by atoms with E-state index in [0.29, 0.717) is 0 Å². The van der Waals surface area contributed by atoms with Crippen molar-refractivity contribution < 1.29 is 19.7 Å². The molecular formula is C7H11O4-. The van der Waals surface area contributed by atoms with Gasteiger partial charge in [-0.15, -0.1) is 5.76 Å². The van der Waals surface area contributed by atoms with Gasteiger partial charge in [-0.05, 0) is 6.92 Å². The lowest BCUT2D eigenvalue weighted by Crippen LogP contribution is -2.23. The number of Topliss-reactive ketones (excluding diaryl/α,β-unsaturated/α-hetero) is 1. The summed E-state index contributed by atoms with van der Waals surface area (Å²) in [5.41, 5.74) is -0.215. The van der Waals surface area contributed by atoms with E-state index >= 15 is 0 Å².